The van der Waals surface area contributed by atoms with Crippen molar-refractivity contribution in [1.82, 2.24) is 4.67 Å². The maximum absolute atomic E-state index is 12.0. The summed E-state index contributed by atoms with van der Waals surface area (Å²) < 4.78 is 2.03. The van der Waals surface area contributed by atoms with Crippen LogP contribution in [0.15, 0.2) is 11.6 Å². The Hall–Kier alpha value is 0.0700. The van der Waals surface area contributed by atoms with Crippen LogP contribution in [0.4, 0.5) is 0 Å². The Morgan fingerprint density at radius 2 is 2.21 bits per heavy atom. The SMILES string of the molecule is CPPN1CCC(C)(C=C(C)C)C1=O. The van der Waals surface area contributed by atoms with Crippen LogP contribution < -0.4 is 0 Å². The fourth-order valence-corrected chi connectivity index (χ4v) is 4.17. The Morgan fingerprint density at radius 3 is 2.71 bits per heavy atom. The lowest BCUT2D eigenvalue weighted by molar-refractivity contribution is -0.129. The second kappa shape index (κ2) is 4.73. The van der Waals surface area contributed by atoms with Crippen LogP contribution in [0.3, 0.4) is 0 Å². The van der Waals surface area contributed by atoms with Crippen molar-refractivity contribution >= 4 is 22.6 Å². The number of carbonyl (C=O) groups is 1. The minimum Gasteiger partial charge on any atom is -0.320 e. The molecule has 0 aromatic rings. The maximum atomic E-state index is 12.0. The molecule has 3 unspecified atom stereocenters. The van der Waals surface area contributed by atoms with Crippen LogP contribution in [0, 0.1) is 5.41 Å². The highest BCUT2D eigenvalue weighted by Gasteiger charge is 2.40. The molecule has 2 nitrogen and oxygen atoms in total. The quantitative estimate of drug-likeness (QED) is 0.540. The van der Waals surface area contributed by atoms with E-state index in [-0.39, 0.29) is 5.41 Å². The van der Waals surface area contributed by atoms with E-state index < -0.39 is 0 Å². The molecule has 4 heteroatoms. The van der Waals surface area contributed by atoms with E-state index in [0.29, 0.717) is 14.3 Å². The first-order chi connectivity index (χ1) is 6.49. The Labute approximate surface area is 90.0 Å². The van der Waals surface area contributed by atoms with Gasteiger partial charge in [-0.15, -0.1) is 0 Å². The molecule has 0 spiro atoms. The summed E-state index contributed by atoms with van der Waals surface area (Å²) in [5.41, 5.74) is 1.02. The van der Waals surface area contributed by atoms with Crippen LogP contribution in [-0.2, 0) is 4.79 Å². The number of carbonyl (C=O) groups excluding carboxylic acids is 1. The molecule has 0 aromatic heterocycles. The molecule has 3 atom stereocenters. The fraction of sp³-hybridized carbons (Fsp3) is 0.700. The van der Waals surface area contributed by atoms with Crippen LogP contribution in [0.25, 0.3) is 0 Å². The van der Waals surface area contributed by atoms with Gasteiger partial charge in [0.2, 0.25) is 5.91 Å². The second-order valence-electron chi connectivity index (χ2n) is 4.21. The van der Waals surface area contributed by atoms with Crippen molar-refractivity contribution < 1.29 is 4.79 Å². The summed E-state index contributed by atoms with van der Waals surface area (Å²) >= 11 is 0. The van der Waals surface area contributed by atoms with E-state index in [1.165, 1.54) is 5.57 Å². The predicted octanol–water partition coefficient (Wildman–Crippen LogP) is 3.01. The zero-order valence-electron chi connectivity index (χ0n) is 9.35. The summed E-state index contributed by atoms with van der Waals surface area (Å²) in [4.78, 5) is 12.0. The molecule has 0 radical (unpaired) electrons. The van der Waals surface area contributed by atoms with Gasteiger partial charge in [0.1, 0.15) is 0 Å². The molecular formula is C10H19NOP2. The van der Waals surface area contributed by atoms with Crippen LogP contribution in [0.2, 0.25) is 0 Å². The van der Waals surface area contributed by atoms with Gasteiger partial charge in [-0.1, -0.05) is 19.9 Å². The van der Waals surface area contributed by atoms with Gasteiger partial charge in [0.25, 0.3) is 0 Å². The fourth-order valence-electron chi connectivity index (χ4n) is 1.87. The lowest BCUT2D eigenvalue weighted by Crippen LogP contribution is -2.25. The van der Waals surface area contributed by atoms with Gasteiger partial charge in [-0.3, -0.25) is 4.79 Å². The van der Waals surface area contributed by atoms with Crippen molar-refractivity contribution in [2.75, 3.05) is 13.2 Å². The molecule has 0 saturated carbocycles. The van der Waals surface area contributed by atoms with E-state index in [1.54, 1.807) is 0 Å². The Bertz CT molecular complexity index is 261. The van der Waals surface area contributed by atoms with Gasteiger partial charge in [-0.25, -0.2) is 0 Å². The number of allylic oxidation sites excluding steroid dienone is 1. The molecule has 80 valence electrons. The Morgan fingerprint density at radius 1 is 1.57 bits per heavy atom. The first-order valence-electron chi connectivity index (χ1n) is 4.90. The molecular weight excluding hydrogens is 212 g/mol. The molecule has 1 rings (SSSR count). The van der Waals surface area contributed by atoms with Gasteiger partial charge < -0.3 is 4.67 Å². The summed E-state index contributed by atoms with van der Waals surface area (Å²) in [6.07, 6.45) is 3.10. The van der Waals surface area contributed by atoms with Crippen LogP contribution >= 0.6 is 16.7 Å². The average molecular weight is 231 g/mol. The number of amides is 1. The molecule has 14 heavy (non-hydrogen) atoms. The van der Waals surface area contributed by atoms with E-state index in [2.05, 4.69) is 33.5 Å². The third-order valence-electron chi connectivity index (χ3n) is 2.44. The summed E-state index contributed by atoms with van der Waals surface area (Å²) in [5.74, 6) is 0.325. The van der Waals surface area contributed by atoms with E-state index in [4.69, 9.17) is 0 Å². The Kier molecular flexibility index (Phi) is 4.10. The monoisotopic (exact) mass is 231 g/mol. The number of nitrogens with zero attached hydrogens (tertiary/aromatic N) is 1. The van der Waals surface area contributed by atoms with Crippen molar-refractivity contribution in [2.24, 2.45) is 5.41 Å². The van der Waals surface area contributed by atoms with E-state index in [0.717, 1.165) is 21.2 Å². The summed E-state index contributed by atoms with van der Waals surface area (Å²) in [6.45, 7) is 9.28. The first-order valence-corrected chi connectivity index (χ1v) is 8.35. The van der Waals surface area contributed by atoms with Crippen molar-refractivity contribution in [1.29, 1.82) is 0 Å². The molecule has 1 aliphatic heterocycles. The van der Waals surface area contributed by atoms with Crippen LogP contribution in [0.5, 0.6) is 0 Å². The minimum absolute atomic E-state index is 0.217. The zero-order valence-corrected chi connectivity index (χ0v) is 11.3. The van der Waals surface area contributed by atoms with Gasteiger partial charge >= 0.3 is 0 Å². The van der Waals surface area contributed by atoms with Crippen molar-refractivity contribution in [3.63, 3.8) is 0 Å². The molecule has 1 aliphatic rings. The number of hydrogen-bond acceptors (Lipinski definition) is 1. The predicted molar refractivity (Wildman–Crippen MR) is 66.4 cm³/mol. The molecule has 1 heterocycles. The third kappa shape index (κ3) is 2.55. The van der Waals surface area contributed by atoms with Gasteiger partial charge in [-0.05, 0) is 33.9 Å². The average Bonchev–Trinajstić information content (AvgIpc) is 2.32. The summed E-state index contributed by atoms with van der Waals surface area (Å²) in [7, 11) is 1.56. The van der Waals surface area contributed by atoms with E-state index in [1.807, 2.05) is 4.67 Å². The minimum atomic E-state index is -0.217. The van der Waals surface area contributed by atoms with Gasteiger partial charge in [0, 0.05) is 15.0 Å². The summed E-state index contributed by atoms with van der Waals surface area (Å²) in [6, 6.07) is 0. The first kappa shape index (κ1) is 12.1. The highest BCUT2D eigenvalue weighted by atomic mass is 32.0. The van der Waals surface area contributed by atoms with Crippen molar-refractivity contribution in [2.45, 2.75) is 27.2 Å². The zero-order chi connectivity index (χ0) is 10.8. The smallest absolute Gasteiger partial charge is 0.235 e. The topological polar surface area (TPSA) is 20.3 Å². The normalized spacial score (nSPS) is 28.6. The highest BCUT2D eigenvalue weighted by molar-refractivity contribution is 8.10. The molecule has 0 aromatic carbocycles. The maximum Gasteiger partial charge on any atom is 0.235 e. The number of hydrogen-bond donors (Lipinski definition) is 0. The molecule has 1 fully saturated rings. The van der Waals surface area contributed by atoms with E-state index in [9.17, 15) is 4.79 Å². The van der Waals surface area contributed by atoms with Crippen molar-refractivity contribution in [3.05, 3.63) is 11.6 Å². The van der Waals surface area contributed by atoms with Crippen LogP contribution in [-0.4, -0.2) is 23.8 Å². The molecule has 1 amide bonds. The third-order valence-corrected chi connectivity index (χ3v) is 4.84. The summed E-state index contributed by atoms with van der Waals surface area (Å²) in [5, 5.41) is 0. The van der Waals surface area contributed by atoms with Crippen molar-refractivity contribution in [3.8, 4) is 0 Å². The lowest BCUT2D eigenvalue weighted by atomic mass is 9.87. The van der Waals surface area contributed by atoms with Gasteiger partial charge in [0.15, 0.2) is 0 Å². The van der Waals surface area contributed by atoms with Gasteiger partial charge in [-0.2, -0.15) is 0 Å². The molecule has 0 bridgehead atoms. The lowest BCUT2D eigenvalue weighted by Gasteiger charge is -2.20. The largest absolute Gasteiger partial charge is 0.320 e. The molecule has 1 saturated heterocycles. The second-order valence-corrected chi connectivity index (χ2v) is 7.64. The molecule has 0 aliphatic carbocycles. The number of rotatable bonds is 3. The van der Waals surface area contributed by atoms with E-state index >= 15 is 0 Å². The molecule has 0 N–H and O–H groups in total. The standard InChI is InChI=1S/C10H19NOP2/c1-8(2)7-10(3)5-6-11(9(10)12)14-13-4/h7,13-14H,5-6H2,1-4H3. The highest BCUT2D eigenvalue weighted by Crippen LogP contribution is 2.45. The van der Waals surface area contributed by atoms with Crippen LogP contribution in [0.1, 0.15) is 27.2 Å². The Balaban J connectivity index is 2.76. The van der Waals surface area contributed by atoms with Gasteiger partial charge in [0.05, 0.1) is 5.41 Å².